The number of nitrogens with zero attached hydrogens (tertiary/aromatic N) is 2. The topological polar surface area (TPSA) is 42.4 Å². The average Bonchev–Trinajstić information content (AvgIpc) is 3.04. The first-order valence-electron chi connectivity index (χ1n) is 8.03. The monoisotopic (exact) mass is 330 g/mol. The van der Waals surface area contributed by atoms with Crippen LogP contribution in [0.4, 0.5) is 0 Å². The molecule has 1 fully saturated rings. The average molecular weight is 330 g/mol. The van der Waals surface area contributed by atoms with Crippen molar-refractivity contribution in [1.29, 1.82) is 0 Å². The normalized spacial score (nSPS) is 21.3. The molecule has 2 aromatic rings. The second-order valence-corrected chi connectivity index (χ2v) is 6.94. The molecule has 4 nitrogen and oxygen atoms in total. The number of thiazole rings is 1. The number of ether oxygens (including phenoxy) is 1. The summed E-state index contributed by atoms with van der Waals surface area (Å²) in [5.41, 5.74) is 1.47. The summed E-state index contributed by atoms with van der Waals surface area (Å²) in [5.74, 6) is 0.822. The molecule has 5 heteroatoms. The highest BCUT2D eigenvalue weighted by atomic mass is 32.1. The van der Waals surface area contributed by atoms with Gasteiger partial charge in [0.15, 0.2) is 0 Å². The number of methoxy groups -OCH3 is 1. The van der Waals surface area contributed by atoms with Crippen LogP contribution < -0.4 is 4.74 Å². The zero-order valence-electron chi connectivity index (χ0n) is 13.8. The molecular weight excluding hydrogens is 308 g/mol. The molecular formula is C18H22N2O2S. The predicted molar refractivity (Wildman–Crippen MR) is 93.0 cm³/mol. The lowest BCUT2D eigenvalue weighted by Gasteiger charge is -2.38. The van der Waals surface area contributed by atoms with Crippen molar-refractivity contribution in [2.45, 2.75) is 45.2 Å². The number of benzene rings is 1. The third-order valence-electron chi connectivity index (χ3n) is 4.49. The number of piperidine rings is 1. The summed E-state index contributed by atoms with van der Waals surface area (Å²) < 4.78 is 5.39. The Bertz CT molecular complexity index is 688. The van der Waals surface area contributed by atoms with Crippen molar-refractivity contribution in [2.24, 2.45) is 0 Å². The summed E-state index contributed by atoms with van der Waals surface area (Å²) in [7, 11) is 1.65. The molecule has 1 saturated heterocycles. The van der Waals surface area contributed by atoms with E-state index in [1.165, 1.54) is 17.8 Å². The van der Waals surface area contributed by atoms with Crippen LogP contribution in [0.1, 0.15) is 43.6 Å². The number of carbonyl (C=O) groups excluding carboxylic acids is 1. The van der Waals surface area contributed by atoms with Gasteiger partial charge >= 0.3 is 0 Å². The fourth-order valence-electron chi connectivity index (χ4n) is 3.27. The molecule has 0 N–H and O–H groups in total. The minimum absolute atomic E-state index is 0.0436. The molecule has 0 bridgehead atoms. The Morgan fingerprint density at radius 1 is 1.26 bits per heavy atom. The van der Waals surface area contributed by atoms with Crippen LogP contribution in [0.15, 0.2) is 29.6 Å². The van der Waals surface area contributed by atoms with E-state index in [1.54, 1.807) is 7.11 Å². The molecule has 0 aliphatic carbocycles. The van der Waals surface area contributed by atoms with Gasteiger partial charge in [-0.05, 0) is 45.2 Å². The zero-order valence-corrected chi connectivity index (χ0v) is 14.6. The Labute approximate surface area is 141 Å². The van der Waals surface area contributed by atoms with Gasteiger partial charge in [-0.15, -0.1) is 11.3 Å². The van der Waals surface area contributed by atoms with Gasteiger partial charge < -0.3 is 9.64 Å². The molecule has 1 aliphatic rings. The highest BCUT2D eigenvalue weighted by Crippen LogP contribution is 2.33. The van der Waals surface area contributed by atoms with Crippen LogP contribution in [0.3, 0.4) is 0 Å². The lowest BCUT2D eigenvalue weighted by atomic mass is 9.97. The maximum Gasteiger partial charge on any atom is 0.273 e. The van der Waals surface area contributed by atoms with E-state index in [2.05, 4.69) is 18.8 Å². The molecule has 1 amide bonds. The number of likely N-dealkylation sites (tertiary alicyclic amines) is 1. The SMILES string of the molecule is COc1ccccc1-c1nc(C(=O)N2C(C)CCCC2C)cs1. The highest BCUT2D eigenvalue weighted by Gasteiger charge is 2.31. The number of hydrogen-bond donors (Lipinski definition) is 0. The maximum atomic E-state index is 12.9. The van der Waals surface area contributed by atoms with E-state index in [0.717, 1.165) is 29.2 Å². The standard InChI is InChI=1S/C18H22N2O2S/c1-12-7-6-8-13(2)20(12)18(21)15-11-23-17(19-15)14-9-4-5-10-16(14)22-3/h4-5,9-13H,6-8H2,1-3H3. The molecule has 2 unspecified atom stereocenters. The van der Waals surface area contributed by atoms with E-state index in [9.17, 15) is 4.79 Å². The predicted octanol–water partition coefficient (Wildman–Crippen LogP) is 4.22. The lowest BCUT2D eigenvalue weighted by molar-refractivity contribution is 0.0505. The van der Waals surface area contributed by atoms with Gasteiger partial charge in [0.2, 0.25) is 0 Å². The van der Waals surface area contributed by atoms with E-state index in [4.69, 9.17) is 4.74 Å². The fraction of sp³-hybridized carbons (Fsp3) is 0.444. The fourth-order valence-corrected chi connectivity index (χ4v) is 4.09. The van der Waals surface area contributed by atoms with Crippen molar-refractivity contribution in [3.8, 4) is 16.3 Å². The van der Waals surface area contributed by atoms with Crippen molar-refractivity contribution in [1.82, 2.24) is 9.88 Å². The van der Waals surface area contributed by atoms with Crippen molar-refractivity contribution in [3.05, 3.63) is 35.3 Å². The molecule has 2 atom stereocenters. The minimum atomic E-state index is 0.0436. The van der Waals surface area contributed by atoms with Gasteiger partial charge in [0, 0.05) is 17.5 Å². The zero-order chi connectivity index (χ0) is 16.4. The molecule has 1 aromatic heterocycles. The Balaban J connectivity index is 1.88. The number of carbonyl (C=O) groups is 1. The number of para-hydroxylation sites is 1. The van der Waals surface area contributed by atoms with Crippen LogP contribution in [0, 0.1) is 0 Å². The molecule has 1 aromatic carbocycles. The van der Waals surface area contributed by atoms with E-state index in [1.807, 2.05) is 34.5 Å². The summed E-state index contributed by atoms with van der Waals surface area (Å²) in [6.45, 7) is 4.25. The molecule has 23 heavy (non-hydrogen) atoms. The molecule has 0 radical (unpaired) electrons. The van der Waals surface area contributed by atoms with Crippen LogP contribution in [-0.2, 0) is 0 Å². The third-order valence-corrected chi connectivity index (χ3v) is 5.36. The van der Waals surface area contributed by atoms with E-state index in [0.29, 0.717) is 5.69 Å². The van der Waals surface area contributed by atoms with Crippen LogP contribution in [0.2, 0.25) is 0 Å². The van der Waals surface area contributed by atoms with Gasteiger partial charge in [0.25, 0.3) is 5.91 Å². The highest BCUT2D eigenvalue weighted by molar-refractivity contribution is 7.13. The molecule has 3 rings (SSSR count). The van der Waals surface area contributed by atoms with Gasteiger partial charge in [-0.3, -0.25) is 4.79 Å². The second kappa shape index (κ2) is 6.71. The Morgan fingerprint density at radius 3 is 2.65 bits per heavy atom. The van der Waals surface area contributed by atoms with Crippen LogP contribution in [0.25, 0.3) is 10.6 Å². The summed E-state index contributed by atoms with van der Waals surface area (Å²) in [6.07, 6.45) is 3.33. The number of rotatable bonds is 3. The van der Waals surface area contributed by atoms with E-state index in [-0.39, 0.29) is 18.0 Å². The number of aromatic nitrogens is 1. The van der Waals surface area contributed by atoms with Gasteiger partial charge in [-0.1, -0.05) is 12.1 Å². The first kappa shape index (κ1) is 16.0. The third kappa shape index (κ3) is 3.11. The molecule has 0 spiro atoms. The van der Waals surface area contributed by atoms with E-state index >= 15 is 0 Å². The molecule has 0 saturated carbocycles. The van der Waals surface area contributed by atoms with Gasteiger partial charge in [-0.2, -0.15) is 0 Å². The second-order valence-electron chi connectivity index (χ2n) is 6.08. The van der Waals surface area contributed by atoms with Gasteiger partial charge in [-0.25, -0.2) is 4.98 Å². The summed E-state index contributed by atoms with van der Waals surface area (Å²) >= 11 is 1.49. The van der Waals surface area contributed by atoms with Crippen molar-refractivity contribution < 1.29 is 9.53 Å². The lowest BCUT2D eigenvalue weighted by Crippen LogP contribution is -2.47. The summed E-state index contributed by atoms with van der Waals surface area (Å²) in [5, 5.41) is 2.68. The van der Waals surface area contributed by atoms with Crippen LogP contribution in [-0.4, -0.2) is 35.0 Å². The Morgan fingerprint density at radius 2 is 1.96 bits per heavy atom. The molecule has 122 valence electrons. The van der Waals surface area contributed by atoms with Crippen molar-refractivity contribution in [3.63, 3.8) is 0 Å². The number of hydrogen-bond acceptors (Lipinski definition) is 4. The summed E-state index contributed by atoms with van der Waals surface area (Å²) in [6, 6.07) is 8.32. The summed E-state index contributed by atoms with van der Waals surface area (Å²) in [4.78, 5) is 19.4. The van der Waals surface area contributed by atoms with Crippen molar-refractivity contribution >= 4 is 17.2 Å². The molecule has 2 heterocycles. The first-order valence-corrected chi connectivity index (χ1v) is 8.91. The largest absolute Gasteiger partial charge is 0.496 e. The van der Waals surface area contributed by atoms with Crippen LogP contribution in [0.5, 0.6) is 5.75 Å². The quantitative estimate of drug-likeness (QED) is 0.846. The van der Waals surface area contributed by atoms with Gasteiger partial charge in [0.1, 0.15) is 16.5 Å². The smallest absolute Gasteiger partial charge is 0.273 e. The van der Waals surface area contributed by atoms with Crippen molar-refractivity contribution in [2.75, 3.05) is 7.11 Å². The first-order chi connectivity index (χ1) is 11.1. The van der Waals surface area contributed by atoms with Crippen LogP contribution >= 0.6 is 11.3 Å². The van der Waals surface area contributed by atoms with Gasteiger partial charge in [0.05, 0.1) is 12.7 Å². The molecule has 1 aliphatic heterocycles. The van der Waals surface area contributed by atoms with E-state index < -0.39 is 0 Å². The number of amides is 1. The Kier molecular flexibility index (Phi) is 4.66. The minimum Gasteiger partial charge on any atom is -0.496 e. The Hall–Kier alpha value is -1.88. The maximum absolute atomic E-state index is 12.9.